The fraction of sp³-hybridized carbons (Fsp3) is 0.308. The van der Waals surface area contributed by atoms with Crippen molar-refractivity contribution in [3.05, 3.63) is 35.4 Å². The second-order valence-electron chi connectivity index (χ2n) is 3.87. The van der Waals surface area contributed by atoms with Crippen molar-refractivity contribution in [1.82, 2.24) is 10.2 Å². The summed E-state index contributed by atoms with van der Waals surface area (Å²) < 4.78 is 0. The second-order valence-corrected chi connectivity index (χ2v) is 3.87. The van der Waals surface area contributed by atoms with Gasteiger partial charge in [-0.2, -0.15) is 5.10 Å². The summed E-state index contributed by atoms with van der Waals surface area (Å²) in [6, 6.07) is 8.52. The number of aromatic nitrogens is 2. The first kappa shape index (κ1) is 10.7. The Bertz CT molecular complexity index is 468. The van der Waals surface area contributed by atoms with Crippen LogP contribution in [0.25, 0.3) is 11.3 Å². The van der Waals surface area contributed by atoms with Gasteiger partial charge < -0.3 is 5.73 Å². The summed E-state index contributed by atoms with van der Waals surface area (Å²) in [6.07, 6.45) is 1.96. The maximum absolute atomic E-state index is 5.80. The number of hydrogen-bond donors (Lipinski definition) is 2. The molecule has 3 heteroatoms. The van der Waals surface area contributed by atoms with Crippen LogP contribution in [-0.4, -0.2) is 10.2 Å². The lowest BCUT2D eigenvalue weighted by Gasteiger charge is -2.03. The SMILES string of the molecule is CCc1ccc(-c2[nH]nc(N)c2CC)cc1. The van der Waals surface area contributed by atoms with Gasteiger partial charge in [0.15, 0.2) is 0 Å². The number of aromatic amines is 1. The van der Waals surface area contributed by atoms with E-state index < -0.39 is 0 Å². The van der Waals surface area contributed by atoms with Crippen LogP contribution in [0.15, 0.2) is 24.3 Å². The van der Waals surface area contributed by atoms with E-state index in [-0.39, 0.29) is 0 Å². The van der Waals surface area contributed by atoms with Crippen LogP contribution in [0.3, 0.4) is 0 Å². The summed E-state index contributed by atoms with van der Waals surface area (Å²) in [4.78, 5) is 0. The van der Waals surface area contributed by atoms with Crippen LogP contribution in [0, 0.1) is 0 Å². The lowest BCUT2D eigenvalue weighted by molar-refractivity contribution is 1.10. The fourth-order valence-electron chi connectivity index (χ4n) is 1.88. The van der Waals surface area contributed by atoms with E-state index in [0.29, 0.717) is 5.82 Å². The van der Waals surface area contributed by atoms with E-state index in [1.807, 2.05) is 0 Å². The molecule has 0 atom stereocenters. The maximum Gasteiger partial charge on any atom is 0.149 e. The van der Waals surface area contributed by atoms with Gasteiger partial charge in [-0.15, -0.1) is 0 Å². The zero-order chi connectivity index (χ0) is 11.5. The summed E-state index contributed by atoms with van der Waals surface area (Å²) in [5.41, 5.74) is 10.4. The lowest BCUT2D eigenvalue weighted by Crippen LogP contribution is -1.91. The number of nitrogens with zero attached hydrogens (tertiary/aromatic N) is 1. The van der Waals surface area contributed by atoms with Gasteiger partial charge in [-0.05, 0) is 24.0 Å². The van der Waals surface area contributed by atoms with Crippen LogP contribution in [0.5, 0.6) is 0 Å². The number of aryl methyl sites for hydroxylation is 1. The number of nitrogens with two attached hydrogens (primary N) is 1. The Morgan fingerprint density at radius 1 is 1.12 bits per heavy atom. The average Bonchev–Trinajstić information content (AvgIpc) is 2.70. The molecule has 0 aliphatic heterocycles. The molecule has 3 N–H and O–H groups in total. The van der Waals surface area contributed by atoms with Gasteiger partial charge in [-0.1, -0.05) is 38.1 Å². The molecule has 0 spiro atoms. The van der Waals surface area contributed by atoms with Gasteiger partial charge in [0.25, 0.3) is 0 Å². The normalized spacial score (nSPS) is 10.6. The van der Waals surface area contributed by atoms with Crippen molar-refractivity contribution in [2.45, 2.75) is 26.7 Å². The fourth-order valence-corrected chi connectivity index (χ4v) is 1.88. The molecule has 2 rings (SSSR count). The molecule has 3 nitrogen and oxygen atoms in total. The number of nitrogens with one attached hydrogen (secondary N) is 1. The molecule has 0 bridgehead atoms. The van der Waals surface area contributed by atoms with Crippen LogP contribution in [0.4, 0.5) is 5.82 Å². The van der Waals surface area contributed by atoms with E-state index in [4.69, 9.17) is 5.73 Å². The third-order valence-electron chi connectivity index (χ3n) is 2.90. The molecule has 2 aromatic rings. The molecule has 0 radical (unpaired) electrons. The van der Waals surface area contributed by atoms with Crippen LogP contribution in [-0.2, 0) is 12.8 Å². The van der Waals surface area contributed by atoms with Crippen LogP contribution < -0.4 is 5.73 Å². The zero-order valence-electron chi connectivity index (χ0n) is 9.75. The molecule has 0 aliphatic rings. The van der Waals surface area contributed by atoms with Crippen molar-refractivity contribution in [1.29, 1.82) is 0 Å². The van der Waals surface area contributed by atoms with Gasteiger partial charge in [0.2, 0.25) is 0 Å². The van der Waals surface area contributed by atoms with Crippen LogP contribution in [0.2, 0.25) is 0 Å². The third kappa shape index (κ3) is 1.81. The first-order valence-corrected chi connectivity index (χ1v) is 5.68. The van der Waals surface area contributed by atoms with E-state index in [9.17, 15) is 0 Å². The van der Waals surface area contributed by atoms with Gasteiger partial charge >= 0.3 is 0 Å². The number of hydrogen-bond acceptors (Lipinski definition) is 2. The minimum Gasteiger partial charge on any atom is -0.382 e. The minimum absolute atomic E-state index is 0.608. The Kier molecular flexibility index (Phi) is 2.95. The first-order chi connectivity index (χ1) is 7.76. The van der Waals surface area contributed by atoms with E-state index in [0.717, 1.165) is 29.7 Å². The first-order valence-electron chi connectivity index (χ1n) is 5.68. The summed E-state index contributed by atoms with van der Waals surface area (Å²) in [7, 11) is 0. The molecule has 1 aromatic carbocycles. The predicted octanol–water partition coefficient (Wildman–Crippen LogP) is 2.78. The molecule has 0 unspecified atom stereocenters. The molecule has 0 saturated heterocycles. The molecule has 0 saturated carbocycles. The summed E-state index contributed by atoms with van der Waals surface area (Å²) >= 11 is 0. The van der Waals surface area contributed by atoms with Crippen LogP contribution >= 0.6 is 0 Å². The Hall–Kier alpha value is -1.77. The second kappa shape index (κ2) is 4.39. The van der Waals surface area contributed by atoms with Crippen molar-refractivity contribution in [3.8, 4) is 11.3 Å². The van der Waals surface area contributed by atoms with Crippen molar-refractivity contribution < 1.29 is 0 Å². The topological polar surface area (TPSA) is 54.7 Å². The van der Waals surface area contributed by atoms with Crippen molar-refractivity contribution in [2.75, 3.05) is 5.73 Å². The zero-order valence-corrected chi connectivity index (χ0v) is 9.75. The van der Waals surface area contributed by atoms with Gasteiger partial charge in [-0.25, -0.2) is 0 Å². The van der Waals surface area contributed by atoms with Crippen molar-refractivity contribution in [2.24, 2.45) is 0 Å². The third-order valence-corrected chi connectivity index (χ3v) is 2.90. The summed E-state index contributed by atoms with van der Waals surface area (Å²) in [6.45, 7) is 4.24. The van der Waals surface area contributed by atoms with Crippen molar-refractivity contribution >= 4 is 5.82 Å². The lowest BCUT2D eigenvalue weighted by atomic mass is 10.0. The smallest absolute Gasteiger partial charge is 0.149 e. The van der Waals surface area contributed by atoms with Gasteiger partial charge in [-0.3, -0.25) is 5.10 Å². The molecular formula is C13H17N3. The summed E-state index contributed by atoms with van der Waals surface area (Å²) in [5, 5.41) is 7.06. The molecule has 1 heterocycles. The Morgan fingerprint density at radius 3 is 2.38 bits per heavy atom. The van der Waals surface area contributed by atoms with E-state index in [1.54, 1.807) is 0 Å². The Balaban J connectivity index is 2.42. The minimum atomic E-state index is 0.608. The molecular weight excluding hydrogens is 198 g/mol. The number of H-pyrrole nitrogens is 1. The highest BCUT2D eigenvalue weighted by atomic mass is 15.2. The summed E-state index contributed by atoms with van der Waals surface area (Å²) in [5.74, 6) is 0.608. The van der Waals surface area contributed by atoms with E-state index in [1.165, 1.54) is 5.56 Å². The van der Waals surface area contributed by atoms with Gasteiger partial charge in [0.1, 0.15) is 5.82 Å². The Labute approximate surface area is 95.7 Å². The molecule has 0 fully saturated rings. The number of benzene rings is 1. The highest BCUT2D eigenvalue weighted by Crippen LogP contribution is 2.25. The number of anilines is 1. The number of rotatable bonds is 3. The molecule has 0 aliphatic carbocycles. The standard InChI is InChI=1S/C13H17N3/c1-3-9-5-7-10(8-6-9)12-11(4-2)13(14)16-15-12/h5-8H,3-4H2,1-2H3,(H3,14,15,16). The largest absolute Gasteiger partial charge is 0.382 e. The van der Waals surface area contributed by atoms with Gasteiger partial charge in [0, 0.05) is 5.56 Å². The molecule has 16 heavy (non-hydrogen) atoms. The van der Waals surface area contributed by atoms with Gasteiger partial charge in [0.05, 0.1) is 5.69 Å². The van der Waals surface area contributed by atoms with E-state index in [2.05, 4.69) is 48.3 Å². The highest BCUT2D eigenvalue weighted by Gasteiger charge is 2.10. The quantitative estimate of drug-likeness (QED) is 0.827. The number of nitrogen functional groups attached to an aromatic ring is 1. The predicted molar refractivity (Wildman–Crippen MR) is 67.2 cm³/mol. The highest BCUT2D eigenvalue weighted by molar-refractivity contribution is 5.68. The Morgan fingerprint density at radius 2 is 1.81 bits per heavy atom. The van der Waals surface area contributed by atoms with E-state index >= 15 is 0 Å². The molecule has 0 amide bonds. The monoisotopic (exact) mass is 215 g/mol. The van der Waals surface area contributed by atoms with Crippen LogP contribution in [0.1, 0.15) is 25.0 Å². The maximum atomic E-state index is 5.80. The average molecular weight is 215 g/mol. The van der Waals surface area contributed by atoms with Crippen molar-refractivity contribution in [3.63, 3.8) is 0 Å². The molecule has 84 valence electrons. The molecule has 1 aromatic heterocycles.